The molecule has 2 aliphatic heterocycles. The van der Waals surface area contributed by atoms with Gasteiger partial charge >= 0.3 is 5.97 Å². The van der Waals surface area contributed by atoms with Gasteiger partial charge in [-0.2, -0.15) is 5.10 Å². The first-order chi connectivity index (χ1) is 15.3. The molecule has 166 valence electrons. The van der Waals surface area contributed by atoms with E-state index in [9.17, 15) is 18.0 Å². The summed E-state index contributed by atoms with van der Waals surface area (Å²) in [5, 5.41) is 7.42. The highest BCUT2D eigenvalue weighted by atomic mass is 35.5. The molecule has 0 atom stereocenters. The maximum Gasteiger partial charge on any atom is 0.340 e. The molecule has 12 heteroatoms. The Labute approximate surface area is 188 Å². The SMILES string of the molecule is O=C(COC(=O)C1=CN2CCS(=O)(=O)N=C2C=C1)Nc1ccnn1Cc1ccccc1Cl. The molecule has 4 rings (SSSR count). The fraction of sp³-hybridized carbons (Fsp3) is 0.200. The van der Waals surface area contributed by atoms with Crippen LogP contribution in [-0.2, 0) is 30.9 Å². The summed E-state index contributed by atoms with van der Waals surface area (Å²) < 4.78 is 33.4. The van der Waals surface area contributed by atoms with Crippen LogP contribution >= 0.6 is 11.6 Å². The second-order valence-corrected chi connectivity index (χ2v) is 9.10. The molecule has 1 aromatic carbocycles. The highest BCUT2D eigenvalue weighted by Gasteiger charge is 2.25. The van der Waals surface area contributed by atoms with E-state index in [4.69, 9.17) is 16.3 Å². The Kier molecular flexibility index (Phi) is 6.10. The monoisotopic (exact) mass is 475 g/mol. The maximum atomic E-state index is 12.3. The molecule has 2 aromatic rings. The number of carbonyl (C=O) groups is 2. The molecule has 0 aliphatic carbocycles. The lowest BCUT2D eigenvalue weighted by Crippen LogP contribution is -2.37. The number of fused-ring (bicyclic) bond motifs is 1. The molecule has 0 saturated heterocycles. The third-order valence-corrected chi connectivity index (χ3v) is 6.19. The number of benzene rings is 1. The van der Waals surface area contributed by atoms with Crippen molar-refractivity contribution in [2.45, 2.75) is 6.54 Å². The van der Waals surface area contributed by atoms with Gasteiger partial charge in [0.05, 0.1) is 24.1 Å². The number of halogens is 1. The van der Waals surface area contributed by atoms with Gasteiger partial charge in [-0.3, -0.25) is 4.79 Å². The molecular weight excluding hydrogens is 458 g/mol. The Morgan fingerprint density at radius 1 is 1.19 bits per heavy atom. The smallest absolute Gasteiger partial charge is 0.340 e. The molecule has 1 aromatic heterocycles. The van der Waals surface area contributed by atoms with Crippen molar-refractivity contribution in [1.82, 2.24) is 14.7 Å². The van der Waals surface area contributed by atoms with Gasteiger partial charge < -0.3 is 15.0 Å². The van der Waals surface area contributed by atoms with Gasteiger partial charge in [0.2, 0.25) is 0 Å². The van der Waals surface area contributed by atoms with Crippen LogP contribution in [0.1, 0.15) is 5.56 Å². The van der Waals surface area contributed by atoms with E-state index in [0.717, 1.165) is 5.56 Å². The number of hydrogen-bond donors (Lipinski definition) is 1. The maximum absolute atomic E-state index is 12.3. The number of esters is 1. The third kappa shape index (κ3) is 5.06. The normalized spacial score (nSPS) is 16.6. The molecule has 0 unspecified atom stereocenters. The molecule has 0 fully saturated rings. The van der Waals surface area contributed by atoms with Gasteiger partial charge in [0, 0.05) is 23.8 Å². The van der Waals surface area contributed by atoms with Gasteiger partial charge in [-0.25, -0.2) is 17.9 Å². The highest BCUT2D eigenvalue weighted by Crippen LogP contribution is 2.19. The summed E-state index contributed by atoms with van der Waals surface area (Å²) in [4.78, 5) is 26.1. The number of hydrogen-bond acceptors (Lipinski definition) is 7. The Hall–Kier alpha value is -3.44. The van der Waals surface area contributed by atoms with E-state index >= 15 is 0 Å². The fourth-order valence-corrected chi connectivity index (χ4v) is 4.23. The number of nitrogens with one attached hydrogen (secondary N) is 1. The number of amides is 1. The van der Waals surface area contributed by atoms with Crippen molar-refractivity contribution in [3.8, 4) is 0 Å². The second kappa shape index (κ2) is 8.97. The minimum atomic E-state index is -3.48. The average Bonchev–Trinajstić information content (AvgIpc) is 3.19. The van der Waals surface area contributed by atoms with Crippen LogP contribution < -0.4 is 5.32 Å². The molecule has 32 heavy (non-hydrogen) atoms. The molecule has 1 amide bonds. The van der Waals surface area contributed by atoms with Crippen molar-refractivity contribution in [3.63, 3.8) is 0 Å². The van der Waals surface area contributed by atoms with Crippen molar-refractivity contribution in [1.29, 1.82) is 0 Å². The lowest BCUT2D eigenvalue weighted by molar-refractivity contribution is -0.143. The zero-order valence-corrected chi connectivity index (χ0v) is 18.2. The lowest BCUT2D eigenvalue weighted by atomic mass is 10.2. The van der Waals surface area contributed by atoms with Gasteiger partial charge in [0.25, 0.3) is 15.9 Å². The quantitative estimate of drug-likeness (QED) is 0.629. The number of amidine groups is 1. The zero-order chi connectivity index (χ0) is 22.7. The van der Waals surface area contributed by atoms with Crippen LogP contribution in [-0.4, -0.2) is 59.7 Å². The van der Waals surface area contributed by atoms with Gasteiger partial charge in [-0.1, -0.05) is 29.8 Å². The fourth-order valence-electron chi connectivity index (χ4n) is 3.07. The molecule has 2 aliphatic rings. The summed E-state index contributed by atoms with van der Waals surface area (Å²) in [6, 6.07) is 8.92. The molecule has 0 saturated carbocycles. The first kappa shape index (κ1) is 21.8. The summed E-state index contributed by atoms with van der Waals surface area (Å²) >= 11 is 6.18. The van der Waals surface area contributed by atoms with E-state index in [0.29, 0.717) is 17.4 Å². The summed E-state index contributed by atoms with van der Waals surface area (Å²) in [7, 11) is -3.48. The molecular formula is C20H18ClN5O5S. The van der Waals surface area contributed by atoms with Crippen LogP contribution in [0.4, 0.5) is 5.82 Å². The summed E-state index contributed by atoms with van der Waals surface area (Å²) in [5.74, 6) is -0.733. The summed E-state index contributed by atoms with van der Waals surface area (Å²) in [5.41, 5.74) is 1.02. The van der Waals surface area contributed by atoms with Crippen molar-refractivity contribution < 1.29 is 22.7 Å². The van der Waals surface area contributed by atoms with E-state index in [1.807, 2.05) is 18.2 Å². The molecule has 0 radical (unpaired) electrons. The predicted octanol–water partition coefficient (Wildman–Crippen LogP) is 1.56. The summed E-state index contributed by atoms with van der Waals surface area (Å²) in [6.07, 6.45) is 5.80. The van der Waals surface area contributed by atoms with Crippen molar-refractivity contribution in [2.24, 2.45) is 4.40 Å². The molecule has 0 bridgehead atoms. The average molecular weight is 476 g/mol. The van der Waals surface area contributed by atoms with Crippen LogP contribution in [0.2, 0.25) is 5.02 Å². The number of nitrogens with zero attached hydrogens (tertiary/aromatic N) is 4. The standard InChI is InChI=1S/C20H18ClN5O5S/c21-16-4-2-1-3-14(16)12-26-17(7-8-22-26)23-19(27)13-31-20(28)15-5-6-18-24-32(29,30)10-9-25(18)11-15/h1-8,11H,9-10,12-13H2,(H,23,27). The Balaban J connectivity index is 1.33. The van der Waals surface area contributed by atoms with E-state index < -0.39 is 28.5 Å². The number of ether oxygens (including phenoxy) is 1. The van der Waals surface area contributed by atoms with Gasteiger partial charge in [0.15, 0.2) is 6.61 Å². The molecule has 3 heterocycles. The van der Waals surface area contributed by atoms with Gasteiger partial charge in [0.1, 0.15) is 11.7 Å². The van der Waals surface area contributed by atoms with E-state index in [-0.39, 0.29) is 23.7 Å². The molecule has 1 N–H and O–H groups in total. The second-order valence-electron chi connectivity index (χ2n) is 6.94. The number of carbonyl (C=O) groups excluding carboxylic acids is 2. The first-order valence-electron chi connectivity index (χ1n) is 9.52. The molecule has 10 nitrogen and oxygen atoms in total. The largest absolute Gasteiger partial charge is 0.452 e. The van der Waals surface area contributed by atoms with Crippen LogP contribution in [0, 0.1) is 0 Å². The third-order valence-electron chi connectivity index (χ3n) is 4.66. The number of rotatable bonds is 6. The Morgan fingerprint density at radius 3 is 2.81 bits per heavy atom. The number of aromatic nitrogens is 2. The van der Waals surface area contributed by atoms with E-state index in [1.165, 1.54) is 24.5 Å². The van der Waals surface area contributed by atoms with Gasteiger partial charge in [-0.05, 0) is 23.8 Å². The lowest BCUT2D eigenvalue weighted by Gasteiger charge is -2.26. The first-order valence-corrected chi connectivity index (χ1v) is 11.5. The van der Waals surface area contributed by atoms with Crippen molar-refractivity contribution in [3.05, 3.63) is 71.0 Å². The Bertz CT molecular complexity index is 1260. The Morgan fingerprint density at radius 2 is 2.00 bits per heavy atom. The van der Waals surface area contributed by atoms with Crippen LogP contribution in [0.15, 0.2) is 64.9 Å². The van der Waals surface area contributed by atoms with E-state index in [2.05, 4.69) is 14.8 Å². The number of sulfonamides is 1. The highest BCUT2D eigenvalue weighted by molar-refractivity contribution is 7.90. The van der Waals surface area contributed by atoms with Crippen LogP contribution in [0.25, 0.3) is 0 Å². The van der Waals surface area contributed by atoms with Crippen molar-refractivity contribution >= 4 is 45.2 Å². The van der Waals surface area contributed by atoms with Gasteiger partial charge in [-0.15, -0.1) is 4.40 Å². The van der Waals surface area contributed by atoms with E-state index in [1.54, 1.807) is 21.7 Å². The number of anilines is 1. The predicted molar refractivity (Wildman–Crippen MR) is 118 cm³/mol. The summed E-state index contributed by atoms with van der Waals surface area (Å²) in [6.45, 7) is 0.0317. The zero-order valence-electron chi connectivity index (χ0n) is 16.6. The minimum absolute atomic E-state index is 0.145. The van der Waals surface area contributed by atoms with Crippen LogP contribution in [0.3, 0.4) is 0 Å². The molecule has 0 spiro atoms. The van der Waals surface area contributed by atoms with Crippen LogP contribution in [0.5, 0.6) is 0 Å². The van der Waals surface area contributed by atoms with Crippen molar-refractivity contribution in [2.75, 3.05) is 24.2 Å². The topological polar surface area (TPSA) is 123 Å². The minimum Gasteiger partial charge on any atom is -0.452 e.